The van der Waals surface area contributed by atoms with Crippen molar-refractivity contribution in [1.29, 1.82) is 0 Å². The van der Waals surface area contributed by atoms with Gasteiger partial charge in [-0.2, -0.15) is 0 Å². The fourth-order valence-corrected chi connectivity index (χ4v) is 1.54. The summed E-state index contributed by atoms with van der Waals surface area (Å²) < 4.78 is 0. The Morgan fingerprint density at radius 1 is 0.824 bits per heavy atom. The molecule has 0 aliphatic carbocycles. The van der Waals surface area contributed by atoms with Crippen LogP contribution in [0, 0.1) is 0 Å². The van der Waals surface area contributed by atoms with Gasteiger partial charge in [0.2, 0.25) is 0 Å². The van der Waals surface area contributed by atoms with E-state index in [9.17, 15) is 0 Å². The van der Waals surface area contributed by atoms with Crippen molar-refractivity contribution in [2.24, 2.45) is 0 Å². The molecule has 84 valence electrons. The smallest absolute Gasteiger partial charge is 0.0702 e. The molecule has 1 aromatic carbocycles. The zero-order valence-corrected chi connectivity index (χ0v) is 9.88. The van der Waals surface area contributed by atoms with Crippen LogP contribution in [0.2, 0.25) is 5.02 Å². The molecule has 0 spiro atoms. The number of fused-ring (bicyclic) bond motifs is 1. The molecule has 2 heterocycles. The number of rotatable bonds is 0. The van der Waals surface area contributed by atoms with Crippen molar-refractivity contribution in [3.8, 4) is 0 Å². The first-order chi connectivity index (χ1) is 8.36. The molecule has 0 bridgehead atoms. The van der Waals surface area contributed by atoms with Gasteiger partial charge in [0.1, 0.15) is 0 Å². The van der Waals surface area contributed by atoms with E-state index < -0.39 is 0 Å². The fourth-order valence-electron chi connectivity index (χ4n) is 1.36. The van der Waals surface area contributed by atoms with Crippen LogP contribution in [-0.4, -0.2) is 9.97 Å². The monoisotopic (exact) mass is 242 g/mol. The van der Waals surface area contributed by atoms with Crippen molar-refractivity contribution in [1.82, 2.24) is 9.97 Å². The Bertz CT molecular complexity index is 555. The zero-order chi connectivity index (χ0) is 11.9. The van der Waals surface area contributed by atoms with Gasteiger partial charge in [-0.15, -0.1) is 0 Å². The van der Waals surface area contributed by atoms with E-state index in [4.69, 9.17) is 11.6 Å². The van der Waals surface area contributed by atoms with Crippen LogP contribution in [0.15, 0.2) is 67.1 Å². The second-order valence-corrected chi connectivity index (χ2v) is 3.80. The summed E-state index contributed by atoms with van der Waals surface area (Å²) in [5, 5.41) is 1.84. The second-order valence-electron chi connectivity index (χ2n) is 3.36. The lowest BCUT2D eigenvalue weighted by atomic mass is 10.2. The predicted octanol–water partition coefficient (Wildman–Crippen LogP) is 3.97. The van der Waals surface area contributed by atoms with Crippen LogP contribution in [0.5, 0.6) is 0 Å². The van der Waals surface area contributed by atoms with Gasteiger partial charge >= 0.3 is 0 Å². The molecule has 0 amide bonds. The summed E-state index contributed by atoms with van der Waals surface area (Å²) in [5.41, 5.74) is 0.983. The van der Waals surface area contributed by atoms with E-state index in [0.29, 0.717) is 0 Å². The third-order valence-electron chi connectivity index (χ3n) is 2.13. The molecule has 3 heteroatoms. The normalized spacial score (nSPS) is 9.47. The molecule has 0 saturated carbocycles. The molecular weight excluding hydrogens is 232 g/mol. The molecule has 0 unspecified atom stereocenters. The minimum atomic E-state index is 0.755. The topological polar surface area (TPSA) is 25.8 Å². The summed E-state index contributed by atoms with van der Waals surface area (Å²) in [4.78, 5) is 7.95. The highest BCUT2D eigenvalue weighted by Crippen LogP contribution is 2.16. The zero-order valence-electron chi connectivity index (χ0n) is 9.12. The Balaban J connectivity index is 0.000000153. The maximum absolute atomic E-state index is 5.79. The predicted molar refractivity (Wildman–Crippen MR) is 71.0 cm³/mol. The maximum Gasteiger partial charge on any atom is 0.0702 e. The number of hydrogen-bond donors (Lipinski definition) is 0. The molecule has 0 N–H and O–H groups in total. The van der Waals surface area contributed by atoms with E-state index in [-0.39, 0.29) is 0 Å². The van der Waals surface area contributed by atoms with Gasteiger partial charge in [0.05, 0.1) is 5.52 Å². The second kappa shape index (κ2) is 5.97. The fraction of sp³-hybridized carbons (Fsp3) is 0. The van der Waals surface area contributed by atoms with Gasteiger partial charge in [-0.1, -0.05) is 23.7 Å². The quantitative estimate of drug-likeness (QED) is 0.596. The molecule has 2 nitrogen and oxygen atoms in total. The van der Waals surface area contributed by atoms with Crippen molar-refractivity contribution < 1.29 is 0 Å². The molecule has 0 radical (unpaired) electrons. The van der Waals surface area contributed by atoms with E-state index in [1.165, 1.54) is 0 Å². The summed E-state index contributed by atoms with van der Waals surface area (Å²) in [5.74, 6) is 0. The first-order valence-corrected chi connectivity index (χ1v) is 5.59. The Hall–Kier alpha value is -1.93. The minimum absolute atomic E-state index is 0.755. The number of pyridine rings is 2. The van der Waals surface area contributed by atoms with Gasteiger partial charge in [0.25, 0.3) is 0 Å². The van der Waals surface area contributed by atoms with E-state index >= 15 is 0 Å². The molecule has 0 aliphatic rings. The average molecular weight is 243 g/mol. The summed E-state index contributed by atoms with van der Waals surface area (Å²) in [6.45, 7) is 0. The molecular formula is C14H11ClN2. The van der Waals surface area contributed by atoms with Crippen molar-refractivity contribution >= 4 is 22.5 Å². The van der Waals surface area contributed by atoms with E-state index in [0.717, 1.165) is 15.9 Å². The van der Waals surface area contributed by atoms with Crippen molar-refractivity contribution in [2.75, 3.05) is 0 Å². The van der Waals surface area contributed by atoms with Crippen LogP contribution in [0.25, 0.3) is 10.9 Å². The lowest BCUT2D eigenvalue weighted by Gasteiger charge is -1.94. The van der Waals surface area contributed by atoms with E-state index in [1.807, 2.05) is 48.5 Å². The van der Waals surface area contributed by atoms with Crippen LogP contribution in [0.1, 0.15) is 0 Å². The van der Waals surface area contributed by atoms with E-state index in [1.54, 1.807) is 18.6 Å². The highest BCUT2D eigenvalue weighted by Gasteiger charge is 1.92. The molecule has 3 rings (SSSR count). The Kier molecular flexibility index (Phi) is 4.05. The van der Waals surface area contributed by atoms with Gasteiger partial charge in [0.15, 0.2) is 0 Å². The standard InChI is InChI=1S/C9H6ClN.C5H5N/c10-8-3-4-9-7(6-8)2-1-5-11-9;1-2-4-6-5-3-1/h1-6H;1-5H. The van der Waals surface area contributed by atoms with Crippen LogP contribution in [-0.2, 0) is 0 Å². The van der Waals surface area contributed by atoms with Crippen molar-refractivity contribution in [3.63, 3.8) is 0 Å². The summed E-state index contributed by atoms with van der Waals surface area (Å²) in [6.07, 6.45) is 5.27. The molecule has 3 aromatic rings. The molecule has 17 heavy (non-hydrogen) atoms. The average Bonchev–Trinajstić information content (AvgIpc) is 2.41. The van der Waals surface area contributed by atoms with Crippen LogP contribution in [0.4, 0.5) is 0 Å². The van der Waals surface area contributed by atoms with Crippen molar-refractivity contribution in [2.45, 2.75) is 0 Å². The molecule has 0 fully saturated rings. The van der Waals surface area contributed by atoms with Gasteiger partial charge in [-0.05, 0) is 36.4 Å². The largest absolute Gasteiger partial charge is 0.265 e. The van der Waals surface area contributed by atoms with Crippen LogP contribution >= 0.6 is 11.6 Å². The van der Waals surface area contributed by atoms with E-state index in [2.05, 4.69) is 9.97 Å². The minimum Gasteiger partial charge on any atom is -0.265 e. The Morgan fingerprint density at radius 3 is 2.29 bits per heavy atom. The van der Waals surface area contributed by atoms with Crippen molar-refractivity contribution in [3.05, 3.63) is 72.1 Å². The number of hydrogen-bond acceptors (Lipinski definition) is 2. The lowest BCUT2D eigenvalue weighted by Crippen LogP contribution is -1.75. The van der Waals surface area contributed by atoms with Gasteiger partial charge in [-0.25, -0.2) is 0 Å². The molecule has 0 atom stereocenters. The number of nitrogens with zero attached hydrogens (tertiary/aromatic N) is 2. The summed E-state index contributed by atoms with van der Waals surface area (Å²) in [6, 6.07) is 15.3. The Labute approximate surface area is 105 Å². The first kappa shape index (κ1) is 11.6. The number of aromatic nitrogens is 2. The highest BCUT2D eigenvalue weighted by atomic mass is 35.5. The summed E-state index contributed by atoms with van der Waals surface area (Å²) >= 11 is 5.79. The first-order valence-electron chi connectivity index (χ1n) is 5.21. The molecule has 0 aliphatic heterocycles. The summed E-state index contributed by atoms with van der Waals surface area (Å²) in [7, 11) is 0. The third-order valence-corrected chi connectivity index (χ3v) is 2.37. The van der Waals surface area contributed by atoms with Crippen LogP contribution in [0.3, 0.4) is 0 Å². The highest BCUT2D eigenvalue weighted by molar-refractivity contribution is 6.31. The van der Waals surface area contributed by atoms with Gasteiger partial charge < -0.3 is 0 Å². The SMILES string of the molecule is Clc1ccc2ncccc2c1.c1ccncc1. The Morgan fingerprint density at radius 2 is 1.65 bits per heavy atom. The van der Waals surface area contributed by atoms with Crippen LogP contribution < -0.4 is 0 Å². The lowest BCUT2D eigenvalue weighted by molar-refractivity contribution is 1.33. The molecule has 0 saturated heterocycles. The maximum atomic E-state index is 5.79. The number of benzene rings is 1. The molecule has 2 aromatic heterocycles. The van der Waals surface area contributed by atoms with Gasteiger partial charge in [0, 0.05) is 29.0 Å². The number of halogens is 1. The van der Waals surface area contributed by atoms with Gasteiger partial charge in [-0.3, -0.25) is 9.97 Å². The third kappa shape index (κ3) is 3.54.